The zero-order chi connectivity index (χ0) is 16.9. The van der Waals surface area contributed by atoms with Gasteiger partial charge < -0.3 is 10.6 Å². The Bertz CT molecular complexity index is 827. The van der Waals surface area contributed by atoms with Crippen LogP contribution >= 0.6 is 0 Å². The zero-order valence-electron chi connectivity index (χ0n) is 12.7. The molecule has 0 saturated heterocycles. The minimum absolute atomic E-state index is 0.206. The first-order chi connectivity index (χ1) is 11.6. The summed E-state index contributed by atoms with van der Waals surface area (Å²) in [6.45, 7) is 0.384. The fraction of sp³-hybridized carbons (Fsp3) is 0.0556. The Balaban J connectivity index is 1.93. The van der Waals surface area contributed by atoms with Crippen molar-refractivity contribution in [3.05, 3.63) is 99.0 Å². The first-order valence-corrected chi connectivity index (χ1v) is 7.40. The highest BCUT2D eigenvalue weighted by Crippen LogP contribution is 2.22. The van der Waals surface area contributed by atoms with Crippen molar-refractivity contribution in [1.82, 2.24) is 10.6 Å². The van der Waals surface area contributed by atoms with Crippen molar-refractivity contribution in [2.45, 2.75) is 6.54 Å². The molecule has 24 heavy (non-hydrogen) atoms. The van der Waals surface area contributed by atoms with Crippen LogP contribution in [0.3, 0.4) is 0 Å². The van der Waals surface area contributed by atoms with Crippen LogP contribution in [-0.4, -0.2) is 10.8 Å². The van der Waals surface area contributed by atoms with Gasteiger partial charge in [0, 0.05) is 6.54 Å². The van der Waals surface area contributed by atoms with E-state index in [2.05, 4.69) is 10.6 Å². The van der Waals surface area contributed by atoms with E-state index in [0.717, 1.165) is 11.1 Å². The molecule has 2 aromatic rings. The molecule has 6 heteroatoms. The molecule has 3 rings (SSSR count). The van der Waals surface area contributed by atoms with Crippen molar-refractivity contribution in [1.29, 1.82) is 0 Å². The molecule has 2 N–H and O–H groups in total. The summed E-state index contributed by atoms with van der Waals surface area (Å²) >= 11 is 0. The largest absolute Gasteiger partial charge is 0.374 e. The van der Waals surface area contributed by atoms with Crippen molar-refractivity contribution in [2.24, 2.45) is 0 Å². The van der Waals surface area contributed by atoms with E-state index in [0.29, 0.717) is 12.2 Å². The Morgan fingerprint density at radius 1 is 1.04 bits per heavy atom. The van der Waals surface area contributed by atoms with E-state index in [9.17, 15) is 14.9 Å². The van der Waals surface area contributed by atoms with Gasteiger partial charge in [0.15, 0.2) is 0 Å². The molecule has 0 radical (unpaired) electrons. The van der Waals surface area contributed by atoms with Gasteiger partial charge in [-0.1, -0.05) is 60.7 Å². The van der Waals surface area contributed by atoms with Crippen molar-refractivity contribution >= 4 is 12.0 Å². The average Bonchev–Trinajstić information content (AvgIpc) is 2.90. The molecule has 1 amide bonds. The molecule has 0 bridgehead atoms. The fourth-order valence-electron chi connectivity index (χ4n) is 2.45. The van der Waals surface area contributed by atoms with Gasteiger partial charge in [-0.05, 0) is 17.2 Å². The van der Waals surface area contributed by atoms with Crippen LogP contribution in [0.5, 0.6) is 0 Å². The van der Waals surface area contributed by atoms with E-state index < -0.39 is 16.5 Å². The first kappa shape index (κ1) is 15.5. The minimum Gasteiger partial charge on any atom is -0.374 e. The number of benzene rings is 2. The lowest BCUT2D eigenvalue weighted by Crippen LogP contribution is -2.19. The summed E-state index contributed by atoms with van der Waals surface area (Å²) in [6.07, 6.45) is 1.71. The minimum atomic E-state index is -0.710. The van der Waals surface area contributed by atoms with Gasteiger partial charge >= 0.3 is 11.6 Å². The predicted octanol–water partition coefficient (Wildman–Crippen LogP) is 2.44. The lowest BCUT2D eigenvalue weighted by atomic mass is 10.1. The lowest BCUT2D eigenvalue weighted by molar-refractivity contribution is -0.419. The van der Waals surface area contributed by atoms with Crippen LogP contribution in [0.25, 0.3) is 6.08 Å². The normalized spacial score (nSPS) is 15.5. The molecule has 6 nitrogen and oxygen atoms in total. The first-order valence-electron chi connectivity index (χ1n) is 7.40. The van der Waals surface area contributed by atoms with E-state index in [-0.39, 0.29) is 5.70 Å². The molecule has 1 heterocycles. The molecular formula is C18H15N3O3. The van der Waals surface area contributed by atoms with Crippen LogP contribution in [0.1, 0.15) is 11.1 Å². The molecule has 2 aromatic carbocycles. The summed E-state index contributed by atoms with van der Waals surface area (Å²) in [5.74, 6) is -0.710. The molecule has 0 aliphatic carbocycles. The number of carbonyl (C=O) groups is 1. The van der Waals surface area contributed by atoms with Gasteiger partial charge in [-0.2, -0.15) is 0 Å². The summed E-state index contributed by atoms with van der Waals surface area (Å²) < 4.78 is 0. The molecule has 0 unspecified atom stereocenters. The number of carbonyl (C=O) groups excluding carboxylic acids is 1. The van der Waals surface area contributed by atoms with Crippen LogP contribution in [-0.2, 0) is 11.3 Å². The Kier molecular flexibility index (Phi) is 4.38. The van der Waals surface area contributed by atoms with Crippen molar-refractivity contribution < 1.29 is 9.72 Å². The maximum absolute atomic E-state index is 11.9. The van der Waals surface area contributed by atoms with Gasteiger partial charge in [-0.3, -0.25) is 14.9 Å². The quantitative estimate of drug-likeness (QED) is 0.654. The Labute approximate surface area is 138 Å². The fourth-order valence-corrected chi connectivity index (χ4v) is 2.45. The third-order valence-corrected chi connectivity index (χ3v) is 3.57. The highest BCUT2D eigenvalue weighted by Gasteiger charge is 2.37. The van der Waals surface area contributed by atoms with Gasteiger partial charge in [0.25, 0.3) is 0 Å². The smallest absolute Gasteiger partial charge is 0.358 e. The van der Waals surface area contributed by atoms with Gasteiger partial charge in [0.05, 0.1) is 10.6 Å². The summed E-state index contributed by atoms with van der Waals surface area (Å²) in [5.41, 5.74) is 1.95. The number of nitrogens with zero attached hydrogens (tertiary/aromatic N) is 1. The number of hydrogen-bond acceptors (Lipinski definition) is 4. The topological polar surface area (TPSA) is 84.3 Å². The summed E-state index contributed by atoms with van der Waals surface area (Å²) in [6, 6.07) is 18.8. The summed E-state index contributed by atoms with van der Waals surface area (Å²) in [4.78, 5) is 22.5. The van der Waals surface area contributed by atoms with E-state index in [4.69, 9.17) is 0 Å². The molecule has 0 atom stereocenters. The number of hydrogen-bond donors (Lipinski definition) is 2. The maximum atomic E-state index is 11.9. The number of rotatable bonds is 5. The molecule has 0 aromatic heterocycles. The molecule has 0 saturated carbocycles. The third-order valence-electron chi connectivity index (χ3n) is 3.57. The Morgan fingerprint density at radius 3 is 2.29 bits per heavy atom. The SMILES string of the molecule is O=C1N/C(=C/c2ccccc2)C(NCc2ccccc2)=C1[N+](=O)[O-]. The number of nitrogens with one attached hydrogen (secondary N) is 2. The number of amides is 1. The van der Waals surface area contributed by atoms with E-state index in [1.165, 1.54) is 0 Å². The van der Waals surface area contributed by atoms with Crippen LogP contribution in [0.15, 0.2) is 77.8 Å². The van der Waals surface area contributed by atoms with E-state index >= 15 is 0 Å². The van der Waals surface area contributed by atoms with Gasteiger partial charge in [-0.15, -0.1) is 0 Å². The second-order valence-corrected chi connectivity index (χ2v) is 5.24. The third kappa shape index (κ3) is 3.33. The van der Waals surface area contributed by atoms with Gasteiger partial charge in [-0.25, -0.2) is 0 Å². The van der Waals surface area contributed by atoms with Crippen molar-refractivity contribution in [3.8, 4) is 0 Å². The van der Waals surface area contributed by atoms with Gasteiger partial charge in [0.2, 0.25) is 0 Å². The van der Waals surface area contributed by atoms with Crippen LogP contribution in [0.2, 0.25) is 0 Å². The molecule has 1 aliphatic heterocycles. The monoisotopic (exact) mass is 321 g/mol. The summed E-state index contributed by atoms with van der Waals surface area (Å²) in [7, 11) is 0. The second kappa shape index (κ2) is 6.78. The lowest BCUT2D eigenvalue weighted by Gasteiger charge is -2.08. The van der Waals surface area contributed by atoms with Gasteiger partial charge in [0.1, 0.15) is 5.70 Å². The Morgan fingerprint density at radius 2 is 1.67 bits per heavy atom. The highest BCUT2D eigenvalue weighted by atomic mass is 16.6. The molecule has 120 valence electrons. The molecule has 1 aliphatic rings. The maximum Gasteiger partial charge on any atom is 0.358 e. The predicted molar refractivity (Wildman–Crippen MR) is 89.9 cm³/mol. The van der Waals surface area contributed by atoms with Crippen LogP contribution < -0.4 is 10.6 Å². The molecule has 0 fully saturated rings. The van der Waals surface area contributed by atoms with Crippen molar-refractivity contribution in [3.63, 3.8) is 0 Å². The second-order valence-electron chi connectivity index (χ2n) is 5.24. The van der Waals surface area contributed by atoms with E-state index in [1.807, 2.05) is 60.7 Å². The van der Waals surface area contributed by atoms with Crippen LogP contribution in [0, 0.1) is 10.1 Å². The van der Waals surface area contributed by atoms with E-state index in [1.54, 1.807) is 6.08 Å². The average molecular weight is 321 g/mol. The zero-order valence-corrected chi connectivity index (χ0v) is 12.7. The van der Waals surface area contributed by atoms with Crippen molar-refractivity contribution in [2.75, 3.05) is 0 Å². The molecular weight excluding hydrogens is 306 g/mol. The number of nitro groups is 1. The van der Waals surface area contributed by atoms with Crippen LogP contribution in [0.4, 0.5) is 0 Å². The Hall–Kier alpha value is -3.41. The summed E-state index contributed by atoms with van der Waals surface area (Å²) in [5, 5.41) is 16.8. The standard InChI is InChI=1S/C18H15N3O3/c22-18-17(21(23)24)16(19-12-14-9-5-2-6-10-14)15(20-18)11-13-7-3-1-4-8-13/h1-11,19H,12H2,(H,20,22)/b15-11+. The molecule has 0 spiro atoms. The highest BCUT2D eigenvalue weighted by molar-refractivity contribution is 5.99.